The summed E-state index contributed by atoms with van der Waals surface area (Å²) in [5, 5.41) is 0.421. The summed E-state index contributed by atoms with van der Waals surface area (Å²) in [6.45, 7) is 7.51. The minimum atomic E-state index is -0.384. The number of halogens is 1. The molecule has 0 unspecified atom stereocenters. The van der Waals surface area contributed by atoms with E-state index in [1.165, 1.54) is 7.11 Å². The molecule has 0 aliphatic carbocycles. The highest BCUT2D eigenvalue weighted by molar-refractivity contribution is 6.30. The number of aryl methyl sites for hydroxylation is 2. The summed E-state index contributed by atoms with van der Waals surface area (Å²) in [5.74, 6) is -0.384. The Labute approximate surface area is 95.4 Å². The van der Waals surface area contributed by atoms with Gasteiger partial charge in [-0.15, -0.1) is 0 Å². The van der Waals surface area contributed by atoms with Gasteiger partial charge >= 0.3 is 5.97 Å². The second-order valence-corrected chi connectivity index (χ2v) is 3.08. The summed E-state index contributed by atoms with van der Waals surface area (Å²) in [4.78, 5) is 15.2. The fraction of sp³-hybridized carbons (Fsp3) is 0.455. The predicted octanol–water partition coefficient (Wildman–Crippen LogP) is 3.16. The predicted molar refractivity (Wildman–Crippen MR) is 61.4 cm³/mol. The molecule has 0 aromatic carbocycles. The average molecular weight is 230 g/mol. The molecule has 84 valence electrons. The van der Waals surface area contributed by atoms with Crippen LogP contribution >= 0.6 is 11.6 Å². The van der Waals surface area contributed by atoms with Crippen molar-refractivity contribution in [3.63, 3.8) is 0 Å². The average Bonchev–Trinajstić information content (AvgIpc) is 2.25. The summed E-state index contributed by atoms with van der Waals surface area (Å²) in [6.07, 6.45) is 0. The van der Waals surface area contributed by atoms with Crippen molar-refractivity contribution < 1.29 is 9.53 Å². The molecule has 0 spiro atoms. The molecule has 15 heavy (non-hydrogen) atoms. The summed E-state index contributed by atoms with van der Waals surface area (Å²) >= 11 is 5.77. The minimum Gasteiger partial charge on any atom is -0.465 e. The number of aromatic nitrogens is 1. The van der Waals surface area contributed by atoms with Crippen molar-refractivity contribution in [3.8, 4) is 0 Å². The van der Waals surface area contributed by atoms with Crippen LogP contribution in [0.3, 0.4) is 0 Å². The minimum absolute atomic E-state index is 0.384. The third kappa shape index (κ3) is 3.51. The Morgan fingerprint density at radius 2 is 1.93 bits per heavy atom. The molecule has 0 atom stereocenters. The first-order valence-corrected chi connectivity index (χ1v) is 5.16. The van der Waals surface area contributed by atoms with Crippen molar-refractivity contribution in [2.24, 2.45) is 0 Å². The standard InChI is InChI=1S/C9H10ClNO2.C2H6/c1-5-4-7(9(12)13-3)6(2)11-8(5)10;1-2/h4H,1-3H3;1-2H3. The van der Waals surface area contributed by atoms with E-state index in [4.69, 9.17) is 11.6 Å². The van der Waals surface area contributed by atoms with Gasteiger partial charge in [0.25, 0.3) is 0 Å². The Bertz CT molecular complexity index is 351. The molecule has 0 saturated heterocycles. The molecule has 1 aromatic heterocycles. The molecule has 0 saturated carbocycles. The maximum atomic E-state index is 11.2. The third-order valence-corrected chi connectivity index (χ3v) is 2.13. The van der Waals surface area contributed by atoms with Crippen LogP contribution in [-0.2, 0) is 4.74 Å². The van der Waals surface area contributed by atoms with Gasteiger partial charge in [0.05, 0.1) is 18.4 Å². The molecule has 1 rings (SSSR count). The number of hydrogen-bond acceptors (Lipinski definition) is 3. The first kappa shape index (κ1) is 13.9. The van der Waals surface area contributed by atoms with Crippen molar-refractivity contribution in [2.45, 2.75) is 27.7 Å². The van der Waals surface area contributed by atoms with Crippen LogP contribution in [0.2, 0.25) is 5.15 Å². The number of rotatable bonds is 1. The van der Waals surface area contributed by atoms with E-state index in [0.29, 0.717) is 16.4 Å². The Balaban J connectivity index is 0.000000921. The van der Waals surface area contributed by atoms with Crippen molar-refractivity contribution in [1.29, 1.82) is 0 Å². The molecular formula is C11H16ClNO2. The Morgan fingerprint density at radius 1 is 1.40 bits per heavy atom. The van der Waals surface area contributed by atoms with E-state index in [1.54, 1.807) is 19.9 Å². The quantitative estimate of drug-likeness (QED) is 0.549. The second kappa shape index (κ2) is 6.40. The van der Waals surface area contributed by atoms with Crippen LogP contribution in [0, 0.1) is 13.8 Å². The van der Waals surface area contributed by atoms with E-state index in [9.17, 15) is 4.79 Å². The Kier molecular flexibility index (Phi) is 5.94. The molecule has 0 N–H and O–H groups in total. The van der Waals surface area contributed by atoms with Gasteiger partial charge in [-0.2, -0.15) is 0 Å². The van der Waals surface area contributed by atoms with Gasteiger partial charge in [0, 0.05) is 0 Å². The largest absolute Gasteiger partial charge is 0.465 e. The number of esters is 1. The molecule has 0 amide bonds. The molecule has 0 aliphatic heterocycles. The van der Waals surface area contributed by atoms with Crippen LogP contribution in [0.5, 0.6) is 0 Å². The van der Waals surface area contributed by atoms with E-state index in [0.717, 1.165) is 5.56 Å². The fourth-order valence-electron chi connectivity index (χ4n) is 0.993. The maximum absolute atomic E-state index is 11.2. The van der Waals surface area contributed by atoms with Gasteiger partial charge in [0.2, 0.25) is 0 Å². The number of pyridine rings is 1. The zero-order chi connectivity index (χ0) is 12.0. The van der Waals surface area contributed by atoms with Gasteiger partial charge < -0.3 is 4.74 Å². The lowest BCUT2D eigenvalue weighted by Crippen LogP contribution is -2.06. The monoisotopic (exact) mass is 229 g/mol. The first-order chi connectivity index (χ1) is 7.06. The van der Waals surface area contributed by atoms with Gasteiger partial charge in [0.15, 0.2) is 0 Å². The van der Waals surface area contributed by atoms with Crippen LogP contribution in [0.25, 0.3) is 0 Å². The van der Waals surface area contributed by atoms with Gasteiger partial charge in [-0.3, -0.25) is 0 Å². The summed E-state index contributed by atoms with van der Waals surface area (Å²) in [5.41, 5.74) is 1.82. The third-order valence-electron chi connectivity index (χ3n) is 1.75. The van der Waals surface area contributed by atoms with Crippen LogP contribution in [0.15, 0.2) is 6.07 Å². The topological polar surface area (TPSA) is 39.2 Å². The number of hydrogen-bond donors (Lipinski definition) is 0. The SMILES string of the molecule is CC.COC(=O)c1cc(C)c(Cl)nc1C. The summed E-state index contributed by atoms with van der Waals surface area (Å²) < 4.78 is 4.59. The van der Waals surface area contributed by atoms with E-state index in [2.05, 4.69) is 9.72 Å². The highest BCUT2D eigenvalue weighted by atomic mass is 35.5. The molecule has 0 bridgehead atoms. The molecule has 1 heterocycles. The Hall–Kier alpha value is -1.09. The van der Waals surface area contributed by atoms with E-state index in [1.807, 2.05) is 13.8 Å². The van der Waals surface area contributed by atoms with Gasteiger partial charge in [-0.05, 0) is 25.5 Å². The second-order valence-electron chi connectivity index (χ2n) is 2.72. The van der Waals surface area contributed by atoms with Gasteiger partial charge in [-0.25, -0.2) is 9.78 Å². The lowest BCUT2D eigenvalue weighted by atomic mass is 10.1. The zero-order valence-electron chi connectivity index (χ0n) is 9.72. The van der Waals surface area contributed by atoms with Crippen LogP contribution < -0.4 is 0 Å². The molecule has 3 nitrogen and oxygen atoms in total. The molecule has 1 aromatic rings. The molecule has 0 radical (unpaired) electrons. The number of ether oxygens (including phenoxy) is 1. The highest BCUT2D eigenvalue weighted by Gasteiger charge is 2.11. The highest BCUT2D eigenvalue weighted by Crippen LogP contribution is 2.16. The van der Waals surface area contributed by atoms with Crippen molar-refractivity contribution in [3.05, 3.63) is 28.0 Å². The first-order valence-electron chi connectivity index (χ1n) is 4.78. The molecule has 0 aliphatic rings. The number of nitrogens with zero attached hydrogens (tertiary/aromatic N) is 1. The van der Waals surface area contributed by atoms with Gasteiger partial charge in [0.1, 0.15) is 5.15 Å². The maximum Gasteiger partial charge on any atom is 0.339 e. The lowest BCUT2D eigenvalue weighted by Gasteiger charge is -2.05. The Morgan fingerprint density at radius 3 is 2.40 bits per heavy atom. The number of carbonyl (C=O) groups is 1. The number of carbonyl (C=O) groups excluding carboxylic acids is 1. The van der Waals surface area contributed by atoms with Crippen LogP contribution in [0.4, 0.5) is 0 Å². The summed E-state index contributed by atoms with van der Waals surface area (Å²) in [6, 6.07) is 1.68. The van der Waals surface area contributed by atoms with Crippen LogP contribution in [-0.4, -0.2) is 18.1 Å². The van der Waals surface area contributed by atoms with E-state index >= 15 is 0 Å². The van der Waals surface area contributed by atoms with Crippen molar-refractivity contribution in [2.75, 3.05) is 7.11 Å². The molecular weight excluding hydrogens is 214 g/mol. The van der Waals surface area contributed by atoms with Crippen molar-refractivity contribution >= 4 is 17.6 Å². The van der Waals surface area contributed by atoms with E-state index < -0.39 is 0 Å². The van der Waals surface area contributed by atoms with Gasteiger partial charge in [-0.1, -0.05) is 25.4 Å². The smallest absolute Gasteiger partial charge is 0.339 e. The van der Waals surface area contributed by atoms with Crippen LogP contribution in [0.1, 0.15) is 35.5 Å². The number of methoxy groups -OCH3 is 1. The van der Waals surface area contributed by atoms with Crippen molar-refractivity contribution in [1.82, 2.24) is 4.98 Å². The zero-order valence-corrected chi connectivity index (χ0v) is 10.5. The van der Waals surface area contributed by atoms with E-state index in [-0.39, 0.29) is 5.97 Å². The molecule has 4 heteroatoms. The molecule has 0 fully saturated rings. The summed E-state index contributed by atoms with van der Waals surface area (Å²) in [7, 11) is 1.34. The lowest BCUT2D eigenvalue weighted by molar-refractivity contribution is 0.0599. The normalized spacial score (nSPS) is 8.93. The fourth-order valence-corrected chi connectivity index (χ4v) is 1.17.